The molecule has 0 radical (unpaired) electrons. The fourth-order valence-corrected chi connectivity index (χ4v) is 2.66. The lowest BCUT2D eigenvalue weighted by atomic mass is 10.0. The molecule has 3 amide bonds. The molecule has 0 unspecified atom stereocenters. The van der Waals surface area contributed by atoms with Crippen molar-refractivity contribution in [3.8, 4) is 0 Å². The summed E-state index contributed by atoms with van der Waals surface area (Å²) in [5, 5.41) is 15.9. The molecule has 3 atom stereocenters. The molecule has 0 bridgehead atoms. The van der Waals surface area contributed by atoms with Gasteiger partial charge in [-0.05, 0) is 25.0 Å². The number of carboxylic acid groups (broad SMARTS) is 1. The molecule has 11 heteroatoms. The summed E-state index contributed by atoms with van der Waals surface area (Å²) >= 11 is 0. The maximum Gasteiger partial charge on any atom is 0.305 e. The molecule has 0 fully saturated rings. The first kappa shape index (κ1) is 26.4. The summed E-state index contributed by atoms with van der Waals surface area (Å²) in [4.78, 5) is 71.4. The van der Waals surface area contributed by atoms with Crippen LogP contribution in [0.25, 0.3) is 0 Å². The second-order valence-corrected chi connectivity index (χ2v) is 7.37. The highest BCUT2D eigenvalue weighted by atomic mass is 19.1. The number of amides is 3. The van der Waals surface area contributed by atoms with Gasteiger partial charge in [-0.1, -0.05) is 32.0 Å². The average Bonchev–Trinajstić information content (AvgIpc) is 2.75. The normalized spacial score (nSPS) is 13.4. The van der Waals surface area contributed by atoms with Gasteiger partial charge in [-0.2, -0.15) is 0 Å². The number of hydrogen-bond acceptors (Lipinski definition) is 6. The van der Waals surface area contributed by atoms with Crippen LogP contribution in [0, 0.1) is 5.92 Å². The number of alkyl halides is 1. The van der Waals surface area contributed by atoms with Gasteiger partial charge in [0.1, 0.15) is 18.1 Å². The van der Waals surface area contributed by atoms with Crippen LogP contribution < -0.4 is 16.0 Å². The van der Waals surface area contributed by atoms with E-state index in [1.807, 2.05) is 5.32 Å². The second-order valence-electron chi connectivity index (χ2n) is 7.37. The number of benzene rings is 1. The molecule has 10 nitrogen and oxygen atoms in total. The molecule has 0 heterocycles. The SMILES string of the molecule is CC(C)[C@H](NC(=O)c1ccccc1)C(=O)N[C@@H](C)C(=O)N[C@@H](CC(=O)O)C(=O)C(=O)CF. The predicted molar refractivity (Wildman–Crippen MR) is 110 cm³/mol. The molecule has 0 aliphatic carbocycles. The molecule has 0 spiro atoms. The number of hydrogen-bond donors (Lipinski definition) is 4. The molecular formula is C21H26FN3O7. The van der Waals surface area contributed by atoms with Gasteiger partial charge in [-0.3, -0.25) is 28.8 Å². The van der Waals surface area contributed by atoms with Crippen molar-refractivity contribution in [3.63, 3.8) is 0 Å². The molecule has 4 N–H and O–H groups in total. The van der Waals surface area contributed by atoms with Crippen LogP contribution in [-0.2, 0) is 24.0 Å². The highest BCUT2D eigenvalue weighted by Gasteiger charge is 2.32. The van der Waals surface area contributed by atoms with Crippen molar-refractivity contribution in [3.05, 3.63) is 35.9 Å². The summed E-state index contributed by atoms with van der Waals surface area (Å²) in [7, 11) is 0. The lowest BCUT2D eigenvalue weighted by molar-refractivity contribution is -0.143. The first-order valence-corrected chi connectivity index (χ1v) is 9.79. The second kappa shape index (κ2) is 12.3. The Morgan fingerprint density at radius 3 is 2.00 bits per heavy atom. The van der Waals surface area contributed by atoms with E-state index in [1.165, 1.54) is 6.92 Å². The largest absolute Gasteiger partial charge is 0.481 e. The molecule has 0 aliphatic heterocycles. The Morgan fingerprint density at radius 1 is 0.906 bits per heavy atom. The Kier molecular flexibility index (Phi) is 10.1. The summed E-state index contributed by atoms with van der Waals surface area (Å²) in [5.74, 6) is -6.84. The zero-order valence-electron chi connectivity index (χ0n) is 17.9. The van der Waals surface area contributed by atoms with Gasteiger partial charge in [0.05, 0.1) is 6.42 Å². The standard InChI is InChI=1S/C21H26FN3O7/c1-11(2)17(25-20(31)13-7-5-4-6-8-13)21(32)23-12(3)19(30)24-14(9-16(27)28)18(29)15(26)10-22/h4-8,11-12,14,17H,9-10H2,1-3H3,(H,23,32)(H,24,30)(H,25,31)(H,27,28)/t12-,14-,17-/m0/s1. The van der Waals surface area contributed by atoms with E-state index in [-0.39, 0.29) is 5.92 Å². The lowest BCUT2D eigenvalue weighted by Gasteiger charge is -2.24. The lowest BCUT2D eigenvalue weighted by Crippen LogP contribution is -2.56. The van der Waals surface area contributed by atoms with Crippen LogP contribution in [0.3, 0.4) is 0 Å². The molecule has 0 aliphatic rings. The Hall–Kier alpha value is -3.63. The summed E-state index contributed by atoms with van der Waals surface area (Å²) in [6, 6.07) is 4.17. The van der Waals surface area contributed by atoms with Crippen molar-refractivity contribution in [2.24, 2.45) is 5.92 Å². The highest BCUT2D eigenvalue weighted by Crippen LogP contribution is 2.06. The van der Waals surface area contributed by atoms with Crippen LogP contribution in [0.2, 0.25) is 0 Å². The molecule has 1 aromatic rings. The fourth-order valence-electron chi connectivity index (χ4n) is 2.66. The van der Waals surface area contributed by atoms with E-state index in [0.717, 1.165) is 0 Å². The van der Waals surface area contributed by atoms with E-state index < -0.39 is 66.5 Å². The Morgan fingerprint density at radius 2 is 1.50 bits per heavy atom. The van der Waals surface area contributed by atoms with E-state index in [9.17, 15) is 33.2 Å². The Balaban J connectivity index is 2.84. The maximum absolute atomic E-state index is 12.6. The maximum atomic E-state index is 12.6. The summed E-state index contributed by atoms with van der Waals surface area (Å²) in [6.07, 6.45) is -0.932. The van der Waals surface area contributed by atoms with Gasteiger partial charge in [-0.15, -0.1) is 0 Å². The zero-order chi connectivity index (χ0) is 24.4. The number of carbonyl (C=O) groups is 6. The number of ketones is 2. The molecule has 32 heavy (non-hydrogen) atoms. The first-order valence-electron chi connectivity index (χ1n) is 9.79. The quantitative estimate of drug-likeness (QED) is 0.326. The monoisotopic (exact) mass is 451 g/mol. The van der Waals surface area contributed by atoms with Crippen molar-refractivity contribution >= 4 is 35.3 Å². The molecule has 0 saturated heterocycles. The summed E-state index contributed by atoms with van der Waals surface area (Å²) in [5.41, 5.74) is 0.337. The molecule has 0 aromatic heterocycles. The third-order valence-electron chi connectivity index (χ3n) is 4.43. The number of nitrogens with one attached hydrogen (secondary N) is 3. The predicted octanol–water partition coefficient (Wildman–Crippen LogP) is 0.0129. The van der Waals surface area contributed by atoms with E-state index in [2.05, 4.69) is 10.6 Å². The van der Waals surface area contributed by atoms with Crippen molar-refractivity contribution in [2.45, 2.75) is 45.3 Å². The fraction of sp³-hybridized carbons (Fsp3) is 0.429. The Bertz CT molecular complexity index is 873. The summed E-state index contributed by atoms with van der Waals surface area (Å²) in [6.45, 7) is 3.01. The van der Waals surface area contributed by atoms with Gasteiger partial charge >= 0.3 is 5.97 Å². The average molecular weight is 451 g/mol. The van der Waals surface area contributed by atoms with Crippen LogP contribution in [0.5, 0.6) is 0 Å². The zero-order valence-corrected chi connectivity index (χ0v) is 17.9. The molecule has 174 valence electrons. The van der Waals surface area contributed by atoms with E-state index in [4.69, 9.17) is 5.11 Å². The Labute approximate surface area is 183 Å². The van der Waals surface area contributed by atoms with Crippen molar-refractivity contribution in [1.29, 1.82) is 0 Å². The molecule has 1 aromatic carbocycles. The number of rotatable bonds is 12. The third kappa shape index (κ3) is 7.89. The minimum Gasteiger partial charge on any atom is -0.481 e. The number of halogens is 1. The van der Waals surface area contributed by atoms with Gasteiger partial charge in [-0.25, -0.2) is 4.39 Å². The minimum absolute atomic E-state index is 0.337. The minimum atomic E-state index is -1.78. The highest BCUT2D eigenvalue weighted by molar-refractivity contribution is 6.40. The number of Topliss-reactive ketones (excluding diaryl/α,β-unsaturated/α-hetero) is 2. The van der Waals surface area contributed by atoms with Gasteiger partial charge < -0.3 is 21.1 Å². The van der Waals surface area contributed by atoms with Crippen LogP contribution >= 0.6 is 0 Å². The van der Waals surface area contributed by atoms with Gasteiger partial charge in [0.2, 0.25) is 23.4 Å². The third-order valence-corrected chi connectivity index (χ3v) is 4.43. The molecular weight excluding hydrogens is 425 g/mol. The van der Waals surface area contributed by atoms with Crippen LogP contribution in [0.4, 0.5) is 4.39 Å². The molecule has 1 rings (SSSR count). The van der Waals surface area contributed by atoms with E-state index in [1.54, 1.807) is 44.2 Å². The van der Waals surface area contributed by atoms with Crippen LogP contribution in [0.15, 0.2) is 30.3 Å². The number of aliphatic carboxylic acids is 1. The van der Waals surface area contributed by atoms with Crippen molar-refractivity contribution in [1.82, 2.24) is 16.0 Å². The van der Waals surface area contributed by atoms with Gasteiger partial charge in [0.25, 0.3) is 5.91 Å². The molecule has 0 saturated carbocycles. The van der Waals surface area contributed by atoms with Gasteiger partial charge in [0.15, 0.2) is 6.67 Å². The van der Waals surface area contributed by atoms with Crippen LogP contribution in [-0.4, -0.2) is 65.2 Å². The topological polar surface area (TPSA) is 159 Å². The summed E-state index contributed by atoms with van der Waals surface area (Å²) < 4.78 is 12.5. The van der Waals surface area contributed by atoms with Crippen molar-refractivity contribution in [2.75, 3.05) is 6.67 Å². The van der Waals surface area contributed by atoms with Gasteiger partial charge in [0, 0.05) is 5.56 Å². The van der Waals surface area contributed by atoms with Crippen LogP contribution in [0.1, 0.15) is 37.6 Å². The number of carbonyl (C=O) groups excluding carboxylic acids is 5. The van der Waals surface area contributed by atoms with Crippen molar-refractivity contribution < 1.29 is 38.3 Å². The van der Waals surface area contributed by atoms with E-state index in [0.29, 0.717) is 5.56 Å². The first-order chi connectivity index (χ1) is 15.0. The number of carboxylic acids is 1. The van der Waals surface area contributed by atoms with E-state index >= 15 is 0 Å². The smallest absolute Gasteiger partial charge is 0.305 e.